The number of carbonyl (C=O) groups is 1. The first-order valence-electron chi connectivity index (χ1n) is 12.4. The number of anilines is 1. The summed E-state index contributed by atoms with van der Waals surface area (Å²) in [7, 11) is 0. The zero-order chi connectivity index (χ0) is 24.4. The highest BCUT2D eigenvalue weighted by Gasteiger charge is 2.48. The van der Waals surface area contributed by atoms with Crippen LogP contribution in [0.15, 0.2) is 65.2 Å². The second-order valence-corrected chi connectivity index (χ2v) is 10.4. The number of nitrogens with zero attached hydrogens (tertiary/aromatic N) is 3. The Balaban J connectivity index is 1.10. The first kappa shape index (κ1) is 23.5. The van der Waals surface area contributed by atoms with Crippen molar-refractivity contribution in [3.8, 4) is 0 Å². The van der Waals surface area contributed by atoms with Gasteiger partial charge in [0, 0.05) is 49.5 Å². The van der Waals surface area contributed by atoms with Gasteiger partial charge in [0.1, 0.15) is 5.82 Å². The summed E-state index contributed by atoms with van der Waals surface area (Å²) in [4.78, 5) is 17.4. The van der Waals surface area contributed by atoms with Gasteiger partial charge in [-0.05, 0) is 54.5 Å². The maximum atomic E-state index is 13.5. The number of aromatic nitrogens is 1. The lowest BCUT2D eigenvalue weighted by Gasteiger charge is -2.52. The van der Waals surface area contributed by atoms with Crippen LogP contribution in [0.1, 0.15) is 42.1 Å². The third kappa shape index (κ3) is 5.25. The van der Waals surface area contributed by atoms with E-state index in [9.17, 15) is 9.18 Å². The molecule has 1 saturated heterocycles. The molecule has 2 heterocycles. The van der Waals surface area contributed by atoms with Gasteiger partial charge in [-0.1, -0.05) is 43.3 Å². The van der Waals surface area contributed by atoms with E-state index in [4.69, 9.17) is 4.52 Å². The van der Waals surface area contributed by atoms with Gasteiger partial charge in [0.15, 0.2) is 5.76 Å². The lowest BCUT2D eigenvalue weighted by atomic mass is 9.57. The molecule has 1 amide bonds. The number of para-hydroxylation sites is 1. The SMILES string of the molecule is CC1(C)[C@H](Cc2cc(CN3CCN(c4ccccc4)CC3)on2)C[C@@H]1NC(=O)c1cccc(F)c1. The topological polar surface area (TPSA) is 61.6 Å². The normalized spacial score (nSPS) is 22.0. The number of hydrogen-bond donors (Lipinski definition) is 1. The fourth-order valence-electron chi connectivity index (χ4n) is 5.28. The van der Waals surface area contributed by atoms with Crippen molar-refractivity contribution in [1.82, 2.24) is 15.4 Å². The number of rotatable bonds is 7. The van der Waals surface area contributed by atoms with Gasteiger partial charge in [-0.15, -0.1) is 0 Å². The summed E-state index contributed by atoms with van der Waals surface area (Å²) in [5, 5.41) is 7.41. The Kier molecular flexibility index (Phi) is 6.60. The molecular weight excluding hydrogens is 443 g/mol. The van der Waals surface area contributed by atoms with E-state index in [1.165, 1.54) is 17.8 Å². The van der Waals surface area contributed by atoms with Crippen LogP contribution in [0.5, 0.6) is 0 Å². The minimum absolute atomic E-state index is 0.0514. The van der Waals surface area contributed by atoms with Gasteiger partial charge in [-0.3, -0.25) is 9.69 Å². The quantitative estimate of drug-likeness (QED) is 0.543. The molecule has 6 nitrogen and oxygen atoms in total. The Bertz CT molecular complexity index is 1150. The van der Waals surface area contributed by atoms with Crippen LogP contribution in [0, 0.1) is 17.2 Å². The van der Waals surface area contributed by atoms with Crippen LogP contribution in [-0.2, 0) is 13.0 Å². The second-order valence-electron chi connectivity index (χ2n) is 10.4. The molecule has 1 aliphatic heterocycles. The van der Waals surface area contributed by atoms with Crippen LogP contribution >= 0.6 is 0 Å². The maximum Gasteiger partial charge on any atom is 0.251 e. The third-order valence-corrected chi connectivity index (χ3v) is 7.80. The summed E-state index contributed by atoms with van der Waals surface area (Å²) in [5.74, 6) is 0.675. The molecular formula is C28H33FN4O2. The first-order chi connectivity index (χ1) is 16.9. The Morgan fingerprint density at radius 3 is 2.57 bits per heavy atom. The zero-order valence-corrected chi connectivity index (χ0v) is 20.4. The summed E-state index contributed by atoms with van der Waals surface area (Å²) < 4.78 is 19.1. The van der Waals surface area contributed by atoms with Crippen molar-refractivity contribution in [2.75, 3.05) is 31.1 Å². The van der Waals surface area contributed by atoms with Crippen LogP contribution in [0.4, 0.5) is 10.1 Å². The molecule has 35 heavy (non-hydrogen) atoms. The molecule has 2 aromatic carbocycles. The minimum Gasteiger partial charge on any atom is -0.369 e. The molecule has 7 heteroatoms. The van der Waals surface area contributed by atoms with E-state index in [2.05, 4.69) is 70.5 Å². The van der Waals surface area contributed by atoms with Crippen molar-refractivity contribution in [3.63, 3.8) is 0 Å². The summed E-state index contributed by atoms with van der Waals surface area (Å²) in [5.41, 5.74) is 2.53. The average Bonchev–Trinajstić information content (AvgIpc) is 3.31. The summed E-state index contributed by atoms with van der Waals surface area (Å²) in [6, 6.07) is 18.5. The van der Waals surface area contributed by atoms with E-state index in [1.54, 1.807) is 12.1 Å². The molecule has 2 aliphatic rings. The lowest BCUT2D eigenvalue weighted by Crippen LogP contribution is -2.58. The largest absolute Gasteiger partial charge is 0.369 e. The minimum atomic E-state index is -0.400. The Hall–Kier alpha value is -3.19. The third-order valence-electron chi connectivity index (χ3n) is 7.80. The van der Waals surface area contributed by atoms with E-state index < -0.39 is 5.82 Å². The van der Waals surface area contributed by atoms with Crippen molar-refractivity contribution in [2.24, 2.45) is 11.3 Å². The molecule has 5 rings (SSSR count). The predicted molar refractivity (Wildman–Crippen MR) is 134 cm³/mol. The fraction of sp³-hybridized carbons (Fsp3) is 0.429. The lowest BCUT2D eigenvalue weighted by molar-refractivity contribution is 0.0138. The van der Waals surface area contributed by atoms with E-state index in [0.717, 1.165) is 57.0 Å². The average molecular weight is 477 g/mol. The van der Waals surface area contributed by atoms with Crippen molar-refractivity contribution in [3.05, 3.63) is 83.5 Å². The molecule has 1 aliphatic carbocycles. The monoisotopic (exact) mass is 476 g/mol. The molecule has 1 aromatic heterocycles. The van der Waals surface area contributed by atoms with Gasteiger partial charge >= 0.3 is 0 Å². The van der Waals surface area contributed by atoms with E-state index in [-0.39, 0.29) is 17.4 Å². The van der Waals surface area contributed by atoms with E-state index in [0.29, 0.717) is 11.5 Å². The highest BCUT2D eigenvalue weighted by atomic mass is 19.1. The van der Waals surface area contributed by atoms with Gasteiger partial charge in [0.25, 0.3) is 5.91 Å². The fourth-order valence-corrected chi connectivity index (χ4v) is 5.28. The number of hydrogen-bond acceptors (Lipinski definition) is 5. The van der Waals surface area contributed by atoms with Crippen molar-refractivity contribution >= 4 is 11.6 Å². The second kappa shape index (κ2) is 9.82. The van der Waals surface area contributed by atoms with Gasteiger partial charge in [-0.2, -0.15) is 0 Å². The standard InChI is InChI=1S/C28H33FN4O2/c1-28(2)21(17-26(28)30-27(34)20-7-6-8-22(29)15-20)16-23-18-25(35-31-23)19-32-11-13-33(14-12-32)24-9-4-3-5-10-24/h3-10,15,18,21,26H,11-14,16-17,19H2,1-2H3,(H,30,34)/t21-,26+/m1/s1. The highest BCUT2D eigenvalue weighted by Crippen LogP contribution is 2.47. The molecule has 3 aromatic rings. The number of halogens is 1. The van der Waals surface area contributed by atoms with Gasteiger partial charge in [0.05, 0.1) is 12.2 Å². The van der Waals surface area contributed by atoms with Crippen LogP contribution in [0.2, 0.25) is 0 Å². The number of nitrogens with one attached hydrogen (secondary N) is 1. The zero-order valence-electron chi connectivity index (χ0n) is 20.4. The highest BCUT2D eigenvalue weighted by molar-refractivity contribution is 5.94. The van der Waals surface area contributed by atoms with E-state index in [1.807, 2.05) is 0 Å². The number of amides is 1. The molecule has 0 bridgehead atoms. The number of carbonyl (C=O) groups excluding carboxylic acids is 1. The molecule has 0 spiro atoms. The van der Waals surface area contributed by atoms with Crippen LogP contribution in [0.25, 0.3) is 0 Å². The Morgan fingerprint density at radius 2 is 1.86 bits per heavy atom. The summed E-state index contributed by atoms with van der Waals surface area (Å²) >= 11 is 0. The van der Waals surface area contributed by atoms with Gasteiger partial charge < -0.3 is 14.7 Å². The molecule has 184 valence electrons. The molecule has 1 saturated carbocycles. The molecule has 2 fully saturated rings. The van der Waals surface area contributed by atoms with Crippen LogP contribution in [-0.4, -0.2) is 48.2 Å². The summed E-state index contributed by atoms with van der Waals surface area (Å²) in [6.45, 7) is 9.11. The van der Waals surface area contributed by atoms with Gasteiger partial charge in [0.2, 0.25) is 0 Å². The maximum absolute atomic E-state index is 13.5. The number of piperazine rings is 1. The van der Waals surface area contributed by atoms with E-state index >= 15 is 0 Å². The molecule has 0 radical (unpaired) electrons. The smallest absolute Gasteiger partial charge is 0.251 e. The van der Waals surface area contributed by atoms with Crippen LogP contribution in [0.3, 0.4) is 0 Å². The van der Waals surface area contributed by atoms with Crippen molar-refractivity contribution < 1.29 is 13.7 Å². The number of benzene rings is 2. The summed E-state index contributed by atoms with van der Waals surface area (Å²) in [6.07, 6.45) is 1.70. The van der Waals surface area contributed by atoms with Crippen LogP contribution < -0.4 is 10.2 Å². The Labute approximate surface area is 206 Å². The van der Waals surface area contributed by atoms with Crippen molar-refractivity contribution in [1.29, 1.82) is 0 Å². The molecule has 2 atom stereocenters. The first-order valence-corrected chi connectivity index (χ1v) is 12.4. The van der Waals surface area contributed by atoms with Crippen molar-refractivity contribution in [2.45, 2.75) is 39.3 Å². The van der Waals surface area contributed by atoms with Gasteiger partial charge in [-0.25, -0.2) is 4.39 Å². The Morgan fingerprint density at radius 1 is 1.09 bits per heavy atom. The molecule has 1 N–H and O–H groups in total. The molecule has 0 unspecified atom stereocenters. The predicted octanol–water partition coefficient (Wildman–Crippen LogP) is 4.52.